The minimum Gasteiger partial charge on any atom is -0.383 e. The topological polar surface area (TPSA) is 107 Å². The Balaban J connectivity index is 1.56. The first-order chi connectivity index (χ1) is 11.8. The van der Waals surface area contributed by atoms with E-state index in [4.69, 9.17) is 10.3 Å². The van der Waals surface area contributed by atoms with Crippen LogP contribution in [0.2, 0.25) is 0 Å². The SMILES string of the molecule is Nc1ncncc1-c1noc(C2CCCN2Cc2ccccn2)n1. The first kappa shape index (κ1) is 14.7. The molecule has 4 rings (SSSR count). The summed E-state index contributed by atoms with van der Waals surface area (Å²) in [6, 6.07) is 6.04. The van der Waals surface area contributed by atoms with Crippen molar-refractivity contribution in [1.82, 2.24) is 30.0 Å². The summed E-state index contributed by atoms with van der Waals surface area (Å²) in [7, 11) is 0. The minimum atomic E-state index is 0.0964. The van der Waals surface area contributed by atoms with E-state index in [9.17, 15) is 0 Å². The van der Waals surface area contributed by atoms with Gasteiger partial charge in [0, 0.05) is 18.9 Å². The molecule has 4 heterocycles. The van der Waals surface area contributed by atoms with Gasteiger partial charge in [-0.2, -0.15) is 4.98 Å². The van der Waals surface area contributed by atoms with Gasteiger partial charge in [-0.25, -0.2) is 9.97 Å². The van der Waals surface area contributed by atoms with Crippen molar-refractivity contribution in [3.8, 4) is 11.4 Å². The number of hydrogen-bond donors (Lipinski definition) is 1. The summed E-state index contributed by atoms with van der Waals surface area (Å²) in [4.78, 5) is 19.1. The molecule has 1 aliphatic rings. The predicted octanol–water partition coefficient (Wildman–Crippen LogP) is 1.84. The number of rotatable bonds is 4. The molecule has 1 aliphatic heterocycles. The number of nitrogen functional groups attached to an aromatic ring is 1. The Morgan fingerprint density at radius 2 is 2.25 bits per heavy atom. The van der Waals surface area contributed by atoms with Gasteiger partial charge < -0.3 is 10.3 Å². The fourth-order valence-corrected chi connectivity index (χ4v) is 2.99. The highest BCUT2D eigenvalue weighted by atomic mass is 16.5. The molecular weight excluding hydrogens is 306 g/mol. The molecule has 0 radical (unpaired) electrons. The van der Waals surface area contributed by atoms with Crippen LogP contribution in [-0.2, 0) is 6.54 Å². The second kappa shape index (κ2) is 6.32. The number of likely N-dealkylation sites (tertiary alicyclic amines) is 1. The summed E-state index contributed by atoms with van der Waals surface area (Å²) in [6.45, 7) is 1.75. The van der Waals surface area contributed by atoms with Crippen molar-refractivity contribution < 1.29 is 4.52 Å². The molecule has 1 fully saturated rings. The van der Waals surface area contributed by atoms with Gasteiger partial charge in [-0.3, -0.25) is 9.88 Å². The summed E-state index contributed by atoms with van der Waals surface area (Å²) >= 11 is 0. The number of aromatic nitrogens is 5. The van der Waals surface area contributed by atoms with E-state index >= 15 is 0 Å². The zero-order chi connectivity index (χ0) is 16.4. The number of nitrogens with zero attached hydrogens (tertiary/aromatic N) is 6. The molecule has 0 spiro atoms. The van der Waals surface area contributed by atoms with E-state index in [0.29, 0.717) is 23.1 Å². The van der Waals surface area contributed by atoms with Gasteiger partial charge in [0.05, 0.1) is 17.3 Å². The molecule has 122 valence electrons. The quantitative estimate of drug-likeness (QED) is 0.775. The van der Waals surface area contributed by atoms with Crippen molar-refractivity contribution in [3.05, 3.63) is 48.5 Å². The van der Waals surface area contributed by atoms with Gasteiger partial charge in [0.1, 0.15) is 12.1 Å². The van der Waals surface area contributed by atoms with E-state index in [1.54, 1.807) is 6.20 Å². The van der Waals surface area contributed by atoms with Crippen LogP contribution in [0.3, 0.4) is 0 Å². The molecule has 8 heteroatoms. The van der Waals surface area contributed by atoms with Crippen LogP contribution in [0.15, 0.2) is 41.4 Å². The van der Waals surface area contributed by atoms with Crippen LogP contribution in [0, 0.1) is 0 Å². The Hall–Kier alpha value is -2.87. The molecule has 1 saturated heterocycles. The molecule has 1 atom stereocenters. The first-order valence-corrected chi connectivity index (χ1v) is 7.84. The Morgan fingerprint density at radius 1 is 1.29 bits per heavy atom. The number of pyridine rings is 1. The smallest absolute Gasteiger partial charge is 0.244 e. The maximum Gasteiger partial charge on any atom is 0.244 e. The fraction of sp³-hybridized carbons (Fsp3) is 0.312. The van der Waals surface area contributed by atoms with E-state index in [1.165, 1.54) is 6.33 Å². The molecular formula is C16H17N7O. The van der Waals surface area contributed by atoms with Crippen LogP contribution < -0.4 is 5.73 Å². The van der Waals surface area contributed by atoms with E-state index < -0.39 is 0 Å². The summed E-state index contributed by atoms with van der Waals surface area (Å²) in [5, 5.41) is 4.04. The van der Waals surface area contributed by atoms with Gasteiger partial charge in [0.15, 0.2) is 0 Å². The first-order valence-electron chi connectivity index (χ1n) is 7.84. The van der Waals surface area contributed by atoms with Crippen molar-refractivity contribution in [2.24, 2.45) is 0 Å². The van der Waals surface area contributed by atoms with E-state index in [1.807, 2.05) is 24.4 Å². The third-order valence-corrected chi connectivity index (χ3v) is 4.17. The summed E-state index contributed by atoms with van der Waals surface area (Å²) < 4.78 is 5.49. The maximum atomic E-state index is 5.85. The second-order valence-electron chi connectivity index (χ2n) is 5.73. The molecule has 0 saturated carbocycles. The van der Waals surface area contributed by atoms with Crippen molar-refractivity contribution >= 4 is 5.82 Å². The van der Waals surface area contributed by atoms with Gasteiger partial charge in [0.25, 0.3) is 0 Å². The lowest BCUT2D eigenvalue weighted by Crippen LogP contribution is -2.23. The zero-order valence-electron chi connectivity index (χ0n) is 13.0. The largest absolute Gasteiger partial charge is 0.383 e. The van der Waals surface area contributed by atoms with Crippen molar-refractivity contribution in [3.63, 3.8) is 0 Å². The summed E-state index contributed by atoms with van der Waals surface area (Å²) in [5.74, 6) is 1.36. The van der Waals surface area contributed by atoms with Crippen LogP contribution in [0.25, 0.3) is 11.4 Å². The Kier molecular flexibility index (Phi) is 3.87. The molecule has 24 heavy (non-hydrogen) atoms. The average Bonchev–Trinajstić information content (AvgIpc) is 3.25. The minimum absolute atomic E-state index is 0.0964. The molecule has 0 aliphatic carbocycles. The molecule has 2 N–H and O–H groups in total. The normalized spacial score (nSPS) is 18.1. The van der Waals surface area contributed by atoms with Crippen LogP contribution in [0.1, 0.15) is 30.5 Å². The highest BCUT2D eigenvalue weighted by Crippen LogP contribution is 2.33. The van der Waals surface area contributed by atoms with Crippen LogP contribution in [-0.4, -0.2) is 36.5 Å². The maximum absolute atomic E-state index is 5.85. The number of hydrogen-bond acceptors (Lipinski definition) is 8. The molecule has 8 nitrogen and oxygen atoms in total. The highest BCUT2D eigenvalue weighted by molar-refractivity contribution is 5.66. The number of anilines is 1. The Labute approximate surface area is 138 Å². The number of nitrogens with two attached hydrogens (primary N) is 1. The van der Waals surface area contributed by atoms with Gasteiger partial charge >= 0.3 is 0 Å². The summed E-state index contributed by atoms with van der Waals surface area (Å²) in [5.41, 5.74) is 7.47. The Bertz CT molecular complexity index is 820. The summed E-state index contributed by atoms with van der Waals surface area (Å²) in [6.07, 6.45) is 6.87. The van der Waals surface area contributed by atoms with E-state index in [-0.39, 0.29) is 6.04 Å². The van der Waals surface area contributed by atoms with Gasteiger partial charge in [-0.1, -0.05) is 11.2 Å². The lowest BCUT2D eigenvalue weighted by molar-refractivity contribution is 0.199. The van der Waals surface area contributed by atoms with Gasteiger partial charge in [-0.05, 0) is 31.5 Å². The fourth-order valence-electron chi connectivity index (χ4n) is 2.99. The predicted molar refractivity (Wildman–Crippen MR) is 86.4 cm³/mol. The Morgan fingerprint density at radius 3 is 3.08 bits per heavy atom. The van der Waals surface area contributed by atoms with Crippen LogP contribution >= 0.6 is 0 Å². The van der Waals surface area contributed by atoms with Crippen molar-refractivity contribution in [2.75, 3.05) is 12.3 Å². The molecule has 1 unspecified atom stereocenters. The van der Waals surface area contributed by atoms with Crippen molar-refractivity contribution in [1.29, 1.82) is 0 Å². The van der Waals surface area contributed by atoms with Crippen molar-refractivity contribution in [2.45, 2.75) is 25.4 Å². The second-order valence-corrected chi connectivity index (χ2v) is 5.73. The van der Waals surface area contributed by atoms with E-state index in [0.717, 1.165) is 31.6 Å². The zero-order valence-corrected chi connectivity index (χ0v) is 13.0. The van der Waals surface area contributed by atoms with Crippen LogP contribution in [0.4, 0.5) is 5.82 Å². The molecule has 3 aromatic heterocycles. The standard InChI is InChI=1S/C16H17N7O/c17-14-12(8-18-10-20-14)15-21-16(24-22-15)13-5-3-7-23(13)9-11-4-1-2-6-19-11/h1-2,4,6,8,10,13H,3,5,7,9H2,(H2,17,18,20). The molecule has 0 bridgehead atoms. The van der Waals surface area contributed by atoms with Crippen LogP contribution in [0.5, 0.6) is 0 Å². The molecule has 3 aromatic rings. The average molecular weight is 323 g/mol. The lowest BCUT2D eigenvalue weighted by atomic mass is 10.2. The highest BCUT2D eigenvalue weighted by Gasteiger charge is 2.31. The lowest BCUT2D eigenvalue weighted by Gasteiger charge is -2.20. The monoisotopic (exact) mass is 323 g/mol. The van der Waals surface area contributed by atoms with Gasteiger partial charge in [-0.15, -0.1) is 0 Å². The third-order valence-electron chi connectivity index (χ3n) is 4.17. The molecule has 0 amide bonds. The third kappa shape index (κ3) is 2.83. The molecule has 0 aromatic carbocycles. The van der Waals surface area contributed by atoms with E-state index in [2.05, 4.69) is 30.0 Å². The van der Waals surface area contributed by atoms with Gasteiger partial charge in [0.2, 0.25) is 11.7 Å².